The first kappa shape index (κ1) is 19.0. The van der Waals surface area contributed by atoms with Crippen LogP contribution in [0.4, 0.5) is 16.1 Å². The number of carbonyl (C=O) groups excluding carboxylic acids is 1. The van der Waals surface area contributed by atoms with Crippen molar-refractivity contribution < 1.29 is 13.6 Å². The van der Waals surface area contributed by atoms with Crippen LogP contribution < -0.4 is 16.4 Å². The minimum absolute atomic E-state index is 0.0463. The molecule has 7 nitrogen and oxygen atoms in total. The van der Waals surface area contributed by atoms with E-state index in [2.05, 4.69) is 20.8 Å². The van der Waals surface area contributed by atoms with Gasteiger partial charge in [-0.25, -0.2) is 4.39 Å². The van der Waals surface area contributed by atoms with E-state index in [1.54, 1.807) is 0 Å². The van der Waals surface area contributed by atoms with Gasteiger partial charge < -0.3 is 20.8 Å². The van der Waals surface area contributed by atoms with E-state index in [-0.39, 0.29) is 17.6 Å². The van der Waals surface area contributed by atoms with Gasteiger partial charge in [-0.2, -0.15) is 0 Å². The fraction of sp³-hybridized carbons (Fsp3) is 0.421. The van der Waals surface area contributed by atoms with Crippen molar-refractivity contribution in [3.8, 4) is 0 Å². The van der Waals surface area contributed by atoms with E-state index in [1.165, 1.54) is 25.3 Å². The average Bonchev–Trinajstić information content (AvgIpc) is 3.17. The highest BCUT2D eigenvalue weighted by molar-refractivity contribution is 6.00. The quantitative estimate of drug-likeness (QED) is 0.711. The molecule has 0 atom stereocenters. The van der Waals surface area contributed by atoms with Crippen LogP contribution in [-0.2, 0) is 0 Å². The molecule has 1 heterocycles. The predicted octanol–water partition coefficient (Wildman–Crippen LogP) is 3.80. The summed E-state index contributed by atoms with van der Waals surface area (Å²) in [5.74, 6) is 0.480. The van der Waals surface area contributed by atoms with Crippen LogP contribution in [-0.4, -0.2) is 22.6 Å². The lowest BCUT2D eigenvalue weighted by atomic mass is 9.79. The molecule has 0 aliphatic heterocycles. The average molecular weight is 373 g/mol. The lowest BCUT2D eigenvalue weighted by Gasteiger charge is -2.28. The highest BCUT2D eigenvalue weighted by Crippen LogP contribution is 2.35. The lowest BCUT2D eigenvalue weighted by molar-refractivity contribution is 0.0991. The first-order valence-electron chi connectivity index (χ1n) is 9.08. The van der Waals surface area contributed by atoms with Gasteiger partial charge in [-0.3, -0.25) is 4.79 Å². The fourth-order valence-corrected chi connectivity index (χ4v) is 3.32. The molecule has 0 radical (unpaired) electrons. The van der Waals surface area contributed by atoms with Crippen LogP contribution in [0.25, 0.3) is 0 Å². The van der Waals surface area contributed by atoms with E-state index in [1.807, 2.05) is 24.3 Å². The topological polar surface area (TPSA) is 106 Å². The normalized spacial score (nSPS) is 20.3. The molecule has 0 saturated heterocycles. The van der Waals surface area contributed by atoms with Gasteiger partial charge in [-0.05, 0) is 68.7 Å². The molecule has 2 aromatic rings. The first-order chi connectivity index (χ1) is 13.1. The Morgan fingerprint density at radius 1 is 1.22 bits per heavy atom. The standard InChI is InChI=1S/C19H24FN5O2/c1-12(10-20)22-19-25-24-18(27-19)17(26)23-16-8-6-15(7-9-16)14-4-2-13(11-21)3-5-14/h6-10,13-14H,2-5,11,21H2,1H3,(H,22,25)(H,23,26)/b12-10-. The summed E-state index contributed by atoms with van der Waals surface area (Å²) in [5.41, 5.74) is 7.87. The second-order valence-electron chi connectivity index (χ2n) is 6.86. The van der Waals surface area contributed by atoms with Crippen LogP contribution in [0.15, 0.2) is 40.7 Å². The molecule has 3 rings (SSSR count). The van der Waals surface area contributed by atoms with Gasteiger partial charge in [0.1, 0.15) is 6.33 Å². The smallest absolute Gasteiger partial charge is 0.320 e. The molecule has 0 bridgehead atoms. The second-order valence-corrected chi connectivity index (χ2v) is 6.86. The van der Waals surface area contributed by atoms with Gasteiger partial charge in [0.2, 0.25) is 0 Å². The van der Waals surface area contributed by atoms with Gasteiger partial charge in [0.05, 0.1) is 0 Å². The van der Waals surface area contributed by atoms with E-state index in [9.17, 15) is 9.18 Å². The van der Waals surface area contributed by atoms with E-state index in [0.29, 0.717) is 23.9 Å². The molecule has 1 aliphatic rings. The third-order valence-electron chi connectivity index (χ3n) is 4.91. The van der Waals surface area contributed by atoms with Crippen molar-refractivity contribution >= 4 is 17.6 Å². The molecule has 0 unspecified atom stereocenters. The Kier molecular flexibility index (Phi) is 6.18. The molecule has 1 amide bonds. The molecule has 27 heavy (non-hydrogen) atoms. The maximum Gasteiger partial charge on any atom is 0.320 e. The van der Waals surface area contributed by atoms with Crippen molar-refractivity contribution in [2.45, 2.75) is 38.5 Å². The molecule has 144 valence electrons. The molecular weight excluding hydrogens is 349 g/mol. The van der Waals surface area contributed by atoms with Crippen LogP contribution in [0.3, 0.4) is 0 Å². The predicted molar refractivity (Wildman–Crippen MR) is 101 cm³/mol. The summed E-state index contributed by atoms with van der Waals surface area (Å²) >= 11 is 0. The molecule has 0 spiro atoms. The summed E-state index contributed by atoms with van der Waals surface area (Å²) in [4.78, 5) is 12.2. The molecular formula is C19H24FN5O2. The number of rotatable bonds is 6. The number of hydrogen-bond acceptors (Lipinski definition) is 6. The number of halogens is 1. The van der Waals surface area contributed by atoms with Crippen molar-refractivity contribution in [1.29, 1.82) is 0 Å². The Hall–Kier alpha value is -2.74. The Bertz CT molecular complexity index is 795. The third-order valence-corrected chi connectivity index (χ3v) is 4.91. The molecule has 8 heteroatoms. The largest absolute Gasteiger partial charge is 0.399 e. The van der Waals surface area contributed by atoms with Crippen LogP contribution in [0.1, 0.15) is 54.8 Å². The van der Waals surface area contributed by atoms with Crippen LogP contribution >= 0.6 is 0 Å². The number of aromatic nitrogens is 2. The zero-order valence-corrected chi connectivity index (χ0v) is 15.2. The zero-order chi connectivity index (χ0) is 19.2. The van der Waals surface area contributed by atoms with Crippen LogP contribution in [0, 0.1) is 5.92 Å². The van der Waals surface area contributed by atoms with Gasteiger partial charge in [0.25, 0.3) is 0 Å². The number of benzene rings is 1. The monoisotopic (exact) mass is 373 g/mol. The molecule has 1 saturated carbocycles. The van der Waals surface area contributed by atoms with Crippen molar-refractivity contribution in [2.24, 2.45) is 11.7 Å². The SMILES string of the molecule is C/C(=C/F)Nc1nnc(C(=O)Nc2ccc(C3CCC(CN)CC3)cc2)o1. The fourth-order valence-electron chi connectivity index (χ4n) is 3.32. The van der Waals surface area contributed by atoms with E-state index >= 15 is 0 Å². The van der Waals surface area contributed by atoms with Gasteiger partial charge in [-0.1, -0.05) is 17.2 Å². The Labute approximate surface area is 157 Å². The minimum Gasteiger partial charge on any atom is -0.399 e. The summed E-state index contributed by atoms with van der Waals surface area (Å²) in [6.45, 7) is 2.27. The molecule has 1 fully saturated rings. The second kappa shape index (κ2) is 8.77. The van der Waals surface area contributed by atoms with Crippen LogP contribution in [0.2, 0.25) is 0 Å². The lowest BCUT2D eigenvalue weighted by Crippen LogP contribution is -2.20. The van der Waals surface area contributed by atoms with E-state index in [0.717, 1.165) is 19.4 Å². The zero-order valence-electron chi connectivity index (χ0n) is 15.2. The Balaban J connectivity index is 1.57. The minimum atomic E-state index is -0.520. The van der Waals surface area contributed by atoms with Gasteiger partial charge in [-0.15, -0.1) is 5.10 Å². The van der Waals surface area contributed by atoms with Crippen molar-refractivity contribution in [2.75, 3.05) is 17.2 Å². The van der Waals surface area contributed by atoms with Crippen LogP contribution in [0.5, 0.6) is 0 Å². The first-order valence-corrected chi connectivity index (χ1v) is 9.08. The summed E-state index contributed by atoms with van der Waals surface area (Å²) in [7, 11) is 0. The Morgan fingerprint density at radius 3 is 2.56 bits per heavy atom. The maximum absolute atomic E-state index is 12.3. The molecule has 1 aromatic heterocycles. The van der Waals surface area contributed by atoms with Gasteiger partial charge in [0.15, 0.2) is 0 Å². The van der Waals surface area contributed by atoms with Crippen molar-refractivity contribution in [3.63, 3.8) is 0 Å². The molecule has 1 aromatic carbocycles. The van der Waals surface area contributed by atoms with Gasteiger partial charge >= 0.3 is 17.8 Å². The maximum atomic E-state index is 12.3. The number of nitrogens with two attached hydrogens (primary N) is 1. The number of nitrogens with zero attached hydrogens (tertiary/aromatic N) is 2. The summed E-state index contributed by atoms with van der Waals surface area (Å²) in [6, 6.07) is 7.77. The summed E-state index contributed by atoms with van der Waals surface area (Å²) in [5, 5.41) is 12.6. The third kappa shape index (κ3) is 4.91. The molecule has 4 N–H and O–H groups in total. The van der Waals surface area contributed by atoms with E-state index < -0.39 is 5.91 Å². The number of allylic oxidation sites excluding steroid dienone is 1. The molecule has 1 aliphatic carbocycles. The van der Waals surface area contributed by atoms with Gasteiger partial charge in [0, 0.05) is 11.4 Å². The number of nitrogens with one attached hydrogen (secondary N) is 2. The number of hydrogen-bond donors (Lipinski definition) is 3. The Morgan fingerprint density at radius 2 is 1.93 bits per heavy atom. The van der Waals surface area contributed by atoms with Crippen molar-refractivity contribution in [3.05, 3.63) is 47.7 Å². The number of anilines is 2. The highest BCUT2D eigenvalue weighted by atomic mass is 19.1. The summed E-state index contributed by atoms with van der Waals surface area (Å²) in [6.07, 6.45) is 5.01. The summed E-state index contributed by atoms with van der Waals surface area (Å²) < 4.78 is 17.5. The number of amides is 1. The number of carbonyl (C=O) groups is 1. The van der Waals surface area contributed by atoms with Crippen molar-refractivity contribution in [1.82, 2.24) is 10.2 Å². The van der Waals surface area contributed by atoms with E-state index in [4.69, 9.17) is 10.2 Å². The highest BCUT2D eigenvalue weighted by Gasteiger charge is 2.21.